The van der Waals surface area contributed by atoms with Crippen LogP contribution in [0.2, 0.25) is 5.02 Å². The Bertz CT molecular complexity index is 721. The molecule has 0 unspecified atom stereocenters. The molecule has 6 heteroatoms. The molecule has 1 aliphatic heterocycles. The lowest BCUT2D eigenvalue weighted by Crippen LogP contribution is -2.38. The van der Waals surface area contributed by atoms with Crippen molar-refractivity contribution in [2.75, 3.05) is 17.2 Å². The zero-order chi connectivity index (χ0) is 15.0. The molecule has 21 heavy (non-hydrogen) atoms. The van der Waals surface area contributed by atoms with Crippen molar-refractivity contribution in [3.8, 4) is 5.75 Å². The second-order valence-corrected chi connectivity index (χ2v) is 5.16. The van der Waals surface area contributed by atoms with Gasteiger partial charge >= 0.3 is 0 Å². The summed E-state index contributed by atoms with van der Waals surface area (Å²) in [5, 5.41) is 0.490. The summed E-state index contributed by atoms with van der Waals surface area (Å²) in [5.74, 6) is -0.0615. The number of nitrogen functional groups attached to an aromatic ring is 1. The van der Waals surface area contributed by atoms with E-state index in [0.717, 1.165) is 0 Å². The molecular weight excluding hydrogens is 295 g/mol. The third-order valence-corrected chi connectivity index (χ3v) is 3.53. The van der Waals surface area contributed by atoms with E-state index < -0.39 is 5.82 Å². The fourth-order valence-electron chi connectivity index (χ4n) is 2.23. The first kappa shape index (κ1) is 13.7. The van der Waals surface area contributed by atoms with Crippen LogP contribution >= 0.6 is 11.6 Å². The lowest BCUT2D eigenvalue weighted by Gasteiger charge is -2.30. The molecule has 2 aromatic rings. The van der Waals surface area contributed by atoms with E-state index >= 15 is 0 Å². The van der Waals surface area contributed by atoms with Crippen LogP contribution in [-0.4, -0.2) is 12.5 Å². The molecule has 108 valence electrons. The van der Waals surface area contributed by atoms with Gasteiger partial charge in [-0.25, -0.2) is 4.39 Å². The summed E-state index contributed by atoms with van der Waals surface area (Å²) in [6.07, 6.45) is 0. The maximum atomic E-state index is 13.4. The first-order chi connectivity index (χ1) is 10.0. The molecule has 3 rings (SSSR count). The first-order valence-corrected chi connectivity index (χ1v) is 6.69. The minimum atomic E-state index is -0.397. The minimum absolute atomic E-state index is 0.0656. The van der Waals surface area contributed by atoms with Crippen molar-refractivity contribution in [3.05, 3.63) is 52.8 Å². The summed E-state index contributed by atoms with van der Waals surface area (Å²) in [5.41, 5.74) is 7.37. The normalized spacial score (nSPS) is 13.8. The second kappa shape index (κ2) is 5.26. The van der Waals surface area contributed by atoms with Crippen molar-refractivity contribution in [1.29, 1.82) is 0 Å². The first-order valence-electron chi connectivity index (χ1n) is 6.31. The zero-order valence-corrected chi connectivity index (χ0v) is 11.7. The summed E-state index contributed by atoms with van der Waals surface area (Å²) in [6, 6.07) is 9.11. The number of benzene rings is 2. The third-order valence-electron chi connectivity index (χ3n) is 3.30. The molecule has 2 aromatic carbocycles. The van der Waals surface area contributed by atoms with Crippen LogP contribution in [0.3, 0.4) is 0 Å². The highest BCUT2D eigenvalue weighted by Gasteiger charge is 2.26. The van der Waals surface area contributed by atoms with Gasteiger partial charge in [0.2, 0.25) is 0 Å². The van der Waals surface area contributed by atoms with Gasteiger partial charge in [0.1, 0.15) is 11.6 Å². The highest BCUT2D eigenvalue weighted by Crippen LogP contribution is 2.35. The summed E-state index contributed by atoms with van der Waals surface area (Å²) in [6.45, 7) is 0.100. The predicted molar refractivity (Wildman–Crippen MR) is 78.9 cm³/mol. The summed E-state index contributed by atoms with van der Waals surface area (Å²) < 4.78 is 18.7. The van der Waals surface area contributed by atoms with Crippen molar-refractivity contribution < 1.29 is 13.9 Å². The Balaban J connectivity index is 2.00. The summed E-state index contributed by atoms with van der Waals surface area (Å²) in [4.78, 5) is 13.6. The van der Waals surface area contributed by atoms with Crippen LogP contribution in [0.4, 0.5) is 15.8 Å². The van der Waals surface area contributed by atoms with Gasteiger partial charge in [-0.05, 0) is 42.0 Å². The lowest BCUT2D eigenvalue weighted by molar-refractivity contribution is -0.121. The highest BCUT2D eigenvalue weighted by molar-refractivity contribution is 6.31. The van der Waals surface area contributed by atoms with Gasteiger partial charge in [-0.1, -0.05) is 11.6 Å². The van der Waals surface area contributed by atoms with E-state index in [1.165, 1.54) is 23.1 Å². The van der Waals surface area contributed by atoms with Crippen LogP contribution in [-0.2, 0) is 11.3 Å². The van der Waals surface area contributed by atoms with Gasteiger partial charge in [-0.2, -0.15) is 0 Å². The van der Waals surface area contributed by atoms with E-state index in [4.69, 9.17) is 22.1 Å². The average molecular weight is 307 g/mol. The number of fused-ring (bicyclic) bond motifs is 1. The molecule has 0 aromatic heterocycles. The van der Waals surface area contributed by atoms with Crippen LogP contribution in [0.15, 0.2) is 36.4 Å². The zero-order valence-electron chi connectivity index (χ0n) is 11.0. The molecular formula is C15H12ClFN2O2. The smallest absolute Gasteiger partial charge is 0.265 e. The number of anilines is 2. The number of nitrogens with zero attached hydrogens (tertiary/aromatic N) is 1. The monoisotopic (exact) mass is 306 g/mol. The molecule has 4 nitrogen and oxygen atoms in total. The number of amides is 1. The number of ether oxygens (including phenoxy) is 1. The van der Waals surface area contributed by atoms with Crippen molar-refractivity contribution in [2.24, 2.45) is 0 Å². The maximum absolute atomic E-state index is 13.4. The number of carbonyl (C=O) groups excluding carboxylic acids is 1. The standard InChI is InChI=1S/C15H12ClFN2O2/c16-10-1-4-14-13(6-10)19(15(20)8-21-14)7-9-5-11(17)2-3-12(9)18/h1-6H,7-8,18H2. The highest BCUT2D eigenvalue weighted by atomic mass is 35.5. The van der Waals surface area contributed by atoms with Crippen molar-refractivity contribution in [2.45, 2.75) is 6.54 Å². The van der Waals surface area contributed by atoms with E-state index in [-0.39, 0.29) is 19.1 Å². The third kappa shape index (κ3) is 2.64. The van der Waals surface area contributed by atoms with E-state index in [2.05, 4.69) is 0 Å². The van der Waals surface area contributed by atoms with Crippen LogP contribution in [0.1, 0.15) is 5.56 Å². The van der Waals surface area contributed by atoms with Crippen molar-refractivity contribution >= 4 is 28.9 Å². The van der Waals surface area contributed by atoms with Crippen molar-refractivity contribution in [1.82, 2.24) is 0 Å². The molecule has 0 atom stereocenters. The molecule has 0 saturated carbocycles. The molecule has 1 heterocycles. The molecule has 0 spiro atoms. The molecule has 1 amide bonds. The second-order valence-electron chi connectivity index (χ2n) is 4.72. The topological polar surface area (TPSA) is 55.6 Å². The molecule has 0 fully saturated rings. The molecule has 1 aliphatic rings. The SMILES string of the molecule is Nc1ccc(F)cc1CN1C(=O)COc2ccc(Cl)cc21. The Kier molecular flexibility index (Phi) is 3.43. The van der Waals surface area contributed by atoms with Crippen molar-refractivity contribution in [3.63, 3.8) is 0 Å². The van der Waals surface area contributed by atoms with Crippen LogP contribution in [0, 0.1) is 5.82 Å². The van der Waals surface area contributed by atoms with E-state index in [1.54, 1.807) is 18.2 Å². The number of rotatable bonds is 2. The Morgan fingerprint density at radius 2 is 2.10 bits per heavy atom. The van der Waals surface area contributed by atoms with Gasteiger partial charge in [0.25, 0.3) is 5.91 Å². The average Bonchev–Trinajstić information content (AvgIpc) is 2.46. The Morgan fingerprint density at radius 1 is 1.29 bits per heavy atom. The van der Waals surface area contributed by atoms with Gasteiger partial charge in [0, 0.05) is 10.7 Å². The Hall–Kier alpha value is -2.27. The maximum Gasteiger partial charge on any atom is 0.265 e. The van der Waals surface area contributed by atoms with Gasteiger partial charge in [-0.15, -0.1) is 0 Å². The molecule has 0 bridgehead atoms. The van der Waals surface area contributed by atoms with Gasteiger partial charge in [0.05, 0.1) is 12.2 Å². The molecule has 0 saturated heterocycles. The Labute approximate surface area is 125 Å². The number of nitrogens with two attached hydrogens (primary N) is 1. The summed E-state index contributed by atoms with van der Waals surface area (Å²) in [7, 11) is 0. The largest absolute Gasteiger partial charge is 0.482 e. The lowest BCUT2D eigenvalue weighted by atomic mass is 10.1. The van der Waals surface area contributed by atoms with E-state index in [1.807, 2.05) is 0 Å². The number of hydrogen-bond donors (Lipinski definition) is 1. The van der Waals surface area contributed by atoms with Gasteiger partial charge in [0.15, 0.2) is 6.61 Å². The van der Waals surface area contributed by atoms with E-state index in [0.29, 0.717) is 27.7 Å². The summed E-state index contributed by atoms with van der Waals surface area (Å²) >= 11 is 5.97. The van der Waals surface area contributed by atoms with E-state index in [9.17, 15) is 9.18 Å². The number of carbonyl (C=O) groups is 1. The molecule has 0 radical (unpaired) electrons. The van der Waals surface area contributed by atoms with Gasteiger partial charge in [-0.3, -0.25) is 4.79 Å². The van der Waals surface area contributed by atoms with Crippen LogP contribution in [0.25, 0.3) is 0 Å². The fourth-order valence-corrected chi connectivity index (χ4v) is 2.40. The van der Waals surface area contributed by atoms with Crippen LogP contribution in [0.5, 0.6) is 5.75 Å². The predicted octanol–water partition coefficient (Wildman–Crippen LogP) is 2.99. The van der Waals surface area contributed by atoms with Gasteiger partial charge < -0.3 is 15.4 Å². The number of hydrogen-bond acceptors (Lipinski definition) is 3. The number of halogens is 2. The molecule has 2 N–H and O–H groups in total. The quantitative estimate of drug-likeness (QED) is 0.868. The van der Waals surface area contributed by atoms with Crippen LogP contribution < -0.4 is 15.4 Å². The fraction of sp³-hybridized carbons (Fsp3) is 0.133. The minimum Gasteiger partial charge on any atom is -0.482 e. The molecule has 0 aliphatic carbocycles. The Morgan fingerprint density at radius 3 is 2.90 bits per heavy atom.